The monoisotopic (exact) mass is 474 g/mol. The van der Waals surface area contributed by atoms with E-state index in [0.717, 1.165) is 16.8 Å². The van der Waals surface area contributed by atoms with Gasteiger partial charge in [-0.05, 0) is 42.0 Å². The average molecular weight is 474 g/mol. The lowest BCUT2D eigenvalue weighted by Gasteiger charge is -2.18. The van der Waals surface area contributed by atoms with E-state index in [2.05, 4.69) is 25.3 Å². The zero-order valence-electron chi connectivity index (χ0n) is 17.7. The summed E-state index contributed by atoms with van der Waals surface area (Å²) in [5.41, 5.74) is 2.86. The molecule has 0 atom stereocenters. The smallest absolute Gasteiger partial charge is 0.257 e. The molecule has 0 spiro atoms. The van der Waals surface area contributed by atoms with Crippen molar-refractivity contribution in [1.82, 2.24) is 10.1 Å². The van der Waals surface area contributed by atoms with Gasteiger partial charge in [0.25, 0.3) is 5.91 Å². The van der Waals surface area contributed by atoms with Crippen LogP contribution >= 0.6 is 11.3 Å². The molecule has 3 heterocycles. The van der Waals surface area contributed by atoms with Crippen LogP contribution in [0.25, 0.3) is 17.3 Å². The molecule has 5 rings (SSSR count). The molecule has 1 aliphatic rings. The van der Waals surface area contributed by atoms with Gasteiger partial charge in [-0.15, -0.1) is 11.3 Å². The van der Waals surface area contributed by atoms with Crippen molar-refractivity contribution in [1.29, 1.82) is 0 Å². The van der Waals surface area contributed by atoms with Gasteiger partial charge in [0, 0.05) is 28.6 Å². The largest absolute Gasteiger partial charge is 0.486 e. The standard InChI is InChI=1S/C24H18N4O5S/c29-22(26-21-9-10-33-28-21)8-3-15-1-4-16(5-2-15)23(30)27-24-25-18(14-34-24)17-6-7-19-20(13-17)32-12-11-31-19/h1-10,13-14H,11-12H2,(H,25,27,30)(H,26,28,29)/b8-3+. The first-order valence-electron chi connectivity index (χ1n) is 10.3. The fourth-order valence-corrected chi connectivity index (χ4v) is 3.91. The van der Waals surface area contributed by atoms with Crippen molar-refractivity contribution in [3.05, 3.63) is 77.4 Å². The van der Waals surface area contributed by atoms with Crippen LogP contribution in [0.3, 0.4) is 0 Å². The molecule has 170 valence electrons. The van der Waals surface area contributed by atoms with Crippen molar-refractivity contribution in [3.63, 3.8) is 0 Å². The third-order valence-electron chi connectivity index (χ3n) is 4.85. The number of aromatic nitrogens is 2. The number of nitrogens with zero attached hydrogens (tertiary/aromatic N) is 2. The van der Waals surface area contributed by atoms with E-state index >= 15 is 0 Å². The van der Waals surface area contributed by atoms with Crippen LogP contribution in [-0.2, 0) is 4.79 Å². The van der Waals surface area contributed by atoms with E-state index in [1.54, 1.807) is 36.4 Å². The van der Waals surface area contributed by atoms with Crippen LogP contribution in [0.5, 0.6) is 11.5 Å². The van der Waals surface area contributed by atoms with E-state index in [-0.39, 0.29) is 11.8 Å². The van der Waals surface area contributed by atoms with Gasteiger partial charge in [-0.1, -0.05) is 17.3 Å². The number of ether oxygens (including phenoxy) is 2. The molecule has 2 N–H and O–H groups in total. The molecule has 2 aromatic heterocycles. The minimum Gasteiger partial charge on any atom is -0.486 e. The molecule has 0 fully saturated rings. The van der Waals surface area contributed by atoms with Gasteiger partial charge in [-0.3, -0.25) is 14.9 Å². The molecule has 0 bridgehead atoms. The predicted molar refractivity (Wildman–Crippen MR) is 127 cm³/mol. The van der Waals surface area contributed by atoms with Crippen LogP contribution in [0.2, 0.25) is 0 Å². The molecular weight excluding hydrogens is 456 g/mol. The summed E-state index contributed by atoms with van der Waals surface area (Å²) < 4.78 is 15.8. The van der Waals surface area contributed by atoms with Gasteiger partial charge >= 0.3 is 0 Å². The number of hydrogen-bond donors (Lipinski definition) is 2. The van der Waals surface area contributed by atoms with E-state index in [0.29, 0.717) is 41.2 Å². The molecule has 34 heavy (non-hydrogen) atoms. The molecule has 0 unspecified atom stereocenters. The third-order valence-corrected chi connectivity index (χ3v) is 5.61. The van der Waals surface area contributed by atoms with Crippen LogP contribution in [0.15, 0.2) is 70.8 Å². The molecule has 0 radical (unpaired) electrons. The first kappa shape index (κ1) is 21.4. The Morgan fingerprint density at radius 2 is 1.79 bits per heavy atom. The second-order valence-corrected chi connectivity index (χ2v) is 8.04. The first-order chi connectivity index (χ1) is 16.6. The van der Waals surface area contributed by atoms with Crippen molar-refractivity contribution in [2.75, 3.05) is 23.8 Å². The van der Waals surface area contributed by atoms with Crippen molar-refractivity contribution >= 4 is 40.2 Å². The lowest BCUT2D eigenvalue weighted by Crippen LogP contribution is -2.15. The predicted octanol–water partition coefficient (Wildman–Crippen LogP) is 4.47. The Morgan fingerprint density at radius 1 is 0.971 bits per heavy atom. The normalized spacial score (nSPS) is 12.5. The van der Waals surface area contributed by atoms with E-state index in [4.69, 9.17) is 9.47 Å². The maximum Gasteiger partial charge on any atom is 0.257 e. The maximum atomic E-state index is 12.6. The molecule has 4 aromatic rings. The number of carbonyl (C=O) groups excluding carboxylic acids is 2. The Kier molecular flexibility index (Phi) is 6.04. The number of nitrogens with one attached hydrogen (secondary N) is 2. The fraction of sp³-hybridized carbons (Fsp3) is 0.0833. The SMILES string of the molecule is O=C(/C=C/c1ccc(C(=O)Nc2nc(-c3ccc4c(c3)OCCO4)cs2)cc1)Nc1ccon1. The molecule has 1 aliphatic heterocycles. The van der Waals surface area contributed by atoms with Gasteiger partial charge in [0.15, 0.2) is 22.4 Å². The minimum atomic E-state index is -0.340. The van der Waals surface area contributed by atoms with Crippen LogP contribution in [-0.4, -0.2) is 35.2 Å². The second-order valence-electron chi connectivity index (χ2n) is 7.18. The Morgan fingerprint density at radius 3 is 2.59 bits per heavy atom. The zero-order valence-corrected chi connectivity index (χ0v) is 18.5. The van der Waals surface area contributed by atoms with E-state index in [1.807, 2.05) is 23.6 Å². The minimum absolute atomic E-state index is 0.276. The summed E-state index contributed by atoms with van der Waals surface area (Å²) >= 11 is 1.34. The molecule has 0 saturated carbocycles. The second kappa shape index (κ2) is 9.59. The summed E-state index contributed by atoms with van der Waals surface area (Å²) in [6.45, 7) is 1.05. The first-order valence-corrected chi connectivity index (χ1v) is 11.2. The highest BCUT2D eigenvalue weighted by Gasteiger charge is 2.15. The molecule has 0 saturated heterocycles. The molecule has 9 nitrogen and oxygen atoms in total. The van der Waals surface area contributed by atoms with Gasteiger partial charge in [-0.25, -0.2) is 4.98 Å². The van der Waals surface area contributed by atoms with Crippen molar-refractivity contribution < 1.29 is 23.6 Å². The topological polar surface area (TPSA) is 116 Å². The van der Waals surface area contributed by atoms with Crippen LogP contribution in [0, 0.1) is 0 Å². The Hall–Kier alpha value is -4.44. The number of thiazole rings is 1. The number of rotatable bonds is 6. The highest BCUT2D eigenvalue weighted by atomic mass is 32.1. The van der Waals surface area contributed by atoms with E-state index in [9.17, 15) is 9.59 Å². The summed E-state index contributed by atoms with van der Waals surface area (Å²) in [5.74, 6) is 1.12. The Balaban J connectivity index is 1.20. The van der Waals surface area contributed by atoms with Crippen molar-refractivity contribution in [2.45, 2.75) is 0 Å². The summed E-state index contributed by atoms with van der Waals surface area (Å²) in [4.78, 5) is 29.0. The molecule has 0 aliphatic carbocycles. The molecule has 10 heteroatoms. The zero-order chi connectivity index (χ0) is 23.3. The Bertz CT molecular complexity index is 1350. The average Bonchev–Trinajstić information content (AvgIpc) is 3.55. The Labute approximate surface area is 198 Å². The maximum absolute atomic E-state index is 12.6. The van der Waals surface area contributed by atoms with Gasteiger partial charge in [-0.2, -0.15) is 0 Å². The lowest BCUT2D eigenvalue weighted by molar-refractivity contribution is -0.111. The molecular formula is C24H18N4O5S. The van der Waals surface area contributed by atoms with E-state index < -0.39 is 0 Å². The summed E-state index contributed by atoms with van der Waals surface area (Å²) in [6, 6.07) is 14.0. The molecule has 2 aromatic carbocycles. The highest BCUT2D eigenvalue weighted by Crippen LogP contribution is 2.35. The van der Waals surface area contributed by atoms with Crippen LogP contribution in [0.4, 0.5) is 10.9 Å². The van der Waals surface area contributed by atoms with Gasteiger partial charge < -0.3 is 19.3 Å². The summed E-state index contributed by atoms with van der Waals surface area (Å²) in [6.07, 6.45) is 4.38. The quantitative estimate of drug-likeness (QED) is 0.396. The molecule has 2 amide bonds. The summed E-state index contributed by atoms with van der Waals surface area (Å²) in [7, 11) is 0. The fourth-order valence-electron chi connectivity index (χ4n) is 3.20. The number of amides is 2. The number of carbonyl (C=O) groups is 2. The number of hydrogen-bond acceptors (Lipinski definition) is 8. The van der Waals surface area contributed by atoms with Gasteiger partial charge in [0.2, 0.25) is 5.91 Å². The lowest BCUT2D eigenvalue weighted by atomic mass is 10.1. The van der Waals surface area contributed by atoms with Crippen molar-refractivity contribution in [2.24, 2.45) is 0 Å². The van der Waals surface area contributed by atoms with Crippen molar-refractivity contribution in [3.8, 4) is 22.8 Å². The van der Waals surface area contributed by atoms with Crippen LogP contribution < -0.4 is 20.1 Å². The highest BCUT2D eigenvalue weighted by molar-refractivity contribution is 7.14. The van der Waals surface area contributed by atoms with Gasteiger partial charge in [0.1, 0.15) is 19.5 Å². The summed E-state index contributed by atoms with van der Waals surface area (Å²) in [5, 5.41) is 11.4. The number of anilines is 2. The number of benzene rings is 2. The number of fused-ring (bicyclic) bond motifs is 1. The van der Waals surface area contributed by atoms with Crippen LogP contribution in [0.1, 0.15) is 15.9 Å². The van der Waals surface area contributed by atoms with Gasteiger partial charge in [0.05, 0.1) is 5.69 Å². The van der Waals surface area contributed by atoms with E-state index in [1.165, 1.54) is 23.7 Å². The third kappa shape index (κ3) is 4.97.